The van der Waals surface area contributed by atoms with E-state index >= 15 is 0 Å². The maximum atomic E-state index is 11.9. The van der Waals surface area contributed by atoms with Crippen molar-refractivity contribution in [1.29, 1.82) is 0 Å². The van der Waals surface area contributed by atoms with E-state index in [1.807, 2.05) is 13.8 Å². The van der Waals surface area contributed by atoms with E-state index in [0.717, 1.165) is 0 Å². The fourth-order valence-corrected chi connectivity index (χ4v) is 1.72. The van der Waals surface area contributed by atoms with Gasteiger partial charge >= 0.3 is 0 Å². The van der Waals surface area contributed by atoms with Crippen LogP contribution in [0, 0.1) is 5.92 Å². The Bertz CT molecular complexity index is 463. The lowest BCUT2D eigenvalue weighted by molar-refractivity contribution is -0.118. The molecule has 0 bridgehead atoms. The van der Waals surface area contributed by atoms with Gasteiger partial charge in [-0.3, -0.25) is 4.79 Å². The third-order valence-corrected chi connectivity index (χ3v) is 3.05. The number of methoxy groups -OCH3 is 2. The number of nitrogens with one attached hydrogen (secondary N) is 1. The molecule has 1 atom stereocenters. The lowest BCUT2D eigenvalue weighted by Gasteiger charge is -2.17. The van der Waals surface area contributed by atoms with Gasteiger partial charge in [0.2, 0.25) is 5.91 Å². The first-order chi connectivity index (χ1) is 8.90. The third-order valence-electron chi connectivity index (χ3n) is 2.75. The molecule has 0 aliphatic rings. The van der Waals surface area contributed by atoms with Crippen molar-refractivity contribution in [2.45, 2.75) is 19.9 Å². The summed E-state index contributed by atoms with van der Waals surface area (Å²) in [5.41, 5.74) is 6.25. The highest BCUT2D eigenvalue weighted by molar-refractivity contribution is 6.32. The van der Waals surface area contributed by atoms with Crippen molar-refractivity contribution < 1.29 is 14.3 Å². The van der Waals surface area contributed by atoms with Gasteiger partial charge in [-0.2, -0.15) is 0 Å². The van der Waals surface area contributed by atoms with Gasteiger partial charge in [-0.1, -0.05) is 25.4 Å². The Morgan fingerprint density at radius 1 is 1.26 bits per heavy atom. The molecule has 0 fully saturated rings. The minimum absolute atomic E-state index is 0.0414. The van der Waals surface area contributed by atoms with Crippen LogP contribution >= 0.6 is 11.6 Å². The number of hydrogen-bond acceptors (Lipinski definition) is 4. The summed E-state index contributed by atoms with van der Waals surface area (Å²) in [6.45, 7) is 3.75. The first-order valence-electron chi connectivity index (χ1n) is 5.88. The van der Waals surface area contributed by atoms with Gasteiger partial charge in [0.15, 0.2) is 0 Å². The van der Waals surface area contributed by atoms with Crippen molar-refractivity contribution >= 4 is 23.2 Å². The molecule has 1 aromatic rings. The number of amides is 1. The third kappa shape index (κ3) is 3.75. The molecule has 0 aromatic heterocycles. The Hall–Kier alpha value is -1.46. The monoisotopic (exact) mass is 286 g/mol. The molecule has 0 saturated heterocycles. The lowest BCUT2D eigenvalue weighted by Crippen LogP contribution is -2.39. The Morgan fingerprint density at radius 3 is 2.32 bits per heavy atom. The van der Waals surface area contributed by atoms with E-state index < -0.39 is 6.04 Å². The van der Waals surface area contributed by atoms with Crippen LogP contribution in [0.3, 0.4) is 0 Å². The van der Waals surface area contributed by atoms with Crippen molar-refractivity contribution in [3.63, 3.8) is 0 Å². The summed E-state index contributed by atoms with van der Waals surface area (Å²) in [6.07, 6.45) is 0. The van der Waals surface area contributed by atoms with Gasteiger partial charge in [0.05, 0.1) is 31.0 Å². The highest BCUT2D eigenvalue weighted by Crippen LogP contribution is 2.35. The molecule has 0 radical (unpaired) electrons. The number of halogens is 1. The number of carbonyl (C=O) groups is 1. The van der Waals surface area contributed by atoms with Crippen molar-refractivity contribution in [3.8, 4) is 11.5 Å². The molecule has 0 aliphatic heterocycles. The molecule has 1 amide bonds. The molecule has 6 heteroatoms. The smallest absolute Gasteiger partial charge is 0.241 e. The molecular formula is C13H19ClN2O3. The summed E-state index contributed by atoms with van der Waals surface area (Å²) < 4.78 is 10.3. The Labute approximate surface area is 118 Å². The molecular weight excluding hydrogens is 268 g/mol. The number of ether oxygens (including phenoxy) is 2. The predicted octanol–water partition coefficient (Wildman–Crippen LogP) is 2.28. The second kappa shape index (κ2) is 6.63. The van der Waals surface area contributed by atoms with Crippen molar-refractivity contribution in [2.24, 2.45) is 11.7 Å². The van der Waals surface area contributed by atoms with Crippen molar-refractivity contribution in [3.05, 3.63) is 17.2 Å². The van der Waals surface area contributed by atoms with Crippen LogP contribution < -0.4 is 20.5 Å². The molecule has 0 saturated carbocycles. The molecule has 1 rings (SSSR count). The molecule has 19 heavy (non-hydrogen) atoms. The SMILES string of the molecule is COc1cc(OC)c(NC(=O)C(N)C(C)C)cc1Cl. The van der Waals surface area contributed by atoms with Crippen molar-refractivity contribution in [2.75, 3.05) is 19.5 Å². The molecule has 0 heterocycles. The average Bonchev–Trinajstić information content (AvgIpc) is 2.37. The molecule has 1 unspecified atom stereocenters. The summed E-state index contributed by atoms with van der Waals surface area (Å²) in [5, 5.41) is 3.09. The number of rotatable bonds is 5. The fraction of sp³-hybridized carbons (Fsp3) is 0.462. The van der Waals surface area contributed by atoms with Crippen molar-refractivity contribution in [1.82, 2.24) is 0 Å². The lowest BCUT2D eigenvalue weighted by atomic mass is 10.0. The molecule has 5 nitrogen and oxygen atoms in total. The summed E-state index contributed by atoms with van der Waals surface area (Å²) in [7, 11) is 3.01. The normalized spacial score (nSPS) is 12.2. The number of hydrogen-bond donors (Lipinski definition) is 2. The standard InChI is InChI=1S/C13H19ClN2O3/c1-7(2)12(15)13(17)16-9-5-8(14)10(18-3)6-11(9)19-4/h5-7,12H,15H2,1-4H3,(H,16,17). The Balaban J connectivity index is 3.01. The first-order valence-corrected chi connectivity index (χ1v) is 6.26. The van der Waals surface area contributed by atoms with Gasteiger partial charge in [0.25, 0.3) is 0 Å². The van der Waals surface area contributed by atoms with Gasteiger partial charge in [-0.25, -0.2) is 0 Å². The summed E-state index contributed by atoms with van der Waals surface area (Å²) in [4.78, 5) is 11.9. The minimum Gasteiger partial charge on any atom is -0.495 e. The quantitative estimate of drug-likeness (QED) is 0.871. The van der Waals surface area contributed by atoms with Crippen LogP contribution in [-0.2, 0) is 4.79 Å². The minimum atomic E-state index is -0.592. The van der Waals surface area contributed by atoms with Crippen LogP contribution in [0.5, 0.6) is 11.5 Å². The Morgan fingerprint density at radius 2 is 1.84 bits per heavy atom. The van der Waals surface area contributed by atoms with E-state index in [1.165, 1.54) is 14.2 Å². The predicted molar refractivity (Wildman–Crippen MR) is 76.0 cm³/mol. The van der Waals surface area contributed by atoms with Crippen LogP contribution in [-0.4, -0.2) is 26.2 Å². The van der Waals surface area contributed by atoms with Gasteiger partial charge in [0, 0.05) is 6.07 Å². The number of carbonyl (C=O) groups excluding carboxylic acids is 1. The van der Waals surface area contributed by atoms with E-state index in [4.69, 9.17) is 26.8 Å². The fourth-order valence-electron chi connectivity index (χ4n) is 1.48. The second-order valence-electron chi connectivity index (χ2n) is 4.45. The largest absolute Gasteiger partial charge is 0.495 e. The second-order valence-corrected chi connectivity index (χ2v) is 4.85. The van der Waals surface area contributed by atoms with Crippen LogP contribution in [0.4, 0.5) is 5.69 Å². The molecule has 106 valence electrons. The molecule has 0 aliphatic carbocycles. The summed E-state index contributed by atoms with van der Waals surface area (Å²) in [5.74, 6) is 0.699. The zero-order valence-electron chi connectivity index (χ0n) is 11.5. The van der Waals surface area contributed by atoms with Crippen LogP contribution in [0.25, 0.3) is 0 Å². The molecule has 3 N–H and O–H groups in total. The first kappa shape index (κ1) is 15.6. The molecule has 1 aromatic carbocycles. The maximum absolute atomic E-state index is 11.9. The van der Waals surface area contributed by atoms with Crippen LogP contribution in [0.1, 0.15) is 13.8 Å². The zero-order valence-corrected chi connectivity index (χ0v) is 12.2. The van der Waals surface area contributed by atoms with Crippen LogP contribution in [0.15, 0.2) is 12.1 Å². The maximum Gasteiger partial charge on any atom is 0.241 e. The van der Waals surface area contributed by atoms with E-state index in [-0.39, 0.29) is 11.8 Å². The number of benzene rings is 1. The van der Waals surface area contributed by atoms with Gasteiger partial charge in [-0.05, 0) is 12.0 Å². The van der Waals surface area contributed by atoms with Crippen LogP contribution in [0.2, 0.25) is 5.02 Å². The molecule has 0 spiro atoms. The summed E-state index contributed by atoms with van der Waals surface area (Å²) in [6, 6.07) is 2.59. The van der Waals surface area contributed by atoms with E-state index in [1.54, 1.807) is 12.1 Å². The number of nitrogens with two attached hydrogens (primary N) is 1. The number of anilines is 1. The van der Waals surface area contributed by atoms with E-state index in [2.05, 4.69) is 5.32 Å². The highest BCUT2D eigenvalue weighted by atomic mass is 35.5. The highest BCUT2D eigenvalue weighted by Gasteiger charge is 2.19. The van der Waals surface area contributed by atoms with Gasteiger partial charge in [-0.15, -0.1) is 0 Å². The topological polar surface area (TPSA) is 73.6 Å². The van der Waals surface area contributed by atoms with E-state index in [0.29, 0.717) is 22.2 Å². The summed E-state index contributed by atoms with van der Waals surface area (Å²) >= 11 is 6.02. The zero-order chi connectivity index (χ0) is 14.6. The van der Waals surface area contributed by atoms with E-state index in [9.17, 15) is 4.79 Å². The average molecular weight is 287 g/mol. The van der Waals surface area contributed by atoms with Gasteiger partial charge in [0.1, 0.15) is 11.5 Å². The Kier molecular flexibility index (Phi) is 5.44. The van der Waals surface area contributed by atoms with Gasteiger partial charge < -0.3 is 20.5 Å².